The van der Waals surface area contributed by atoms with Crippen molar-refractivity contribution in [1.29, 1.82) is 0 Å². The number of carbonyl (C=O) groups excluding carboxylic acids is 1. The second-order valence-electron chi connectivity index (χ2n) is 5.25. The second kappa shape index (κ2) is 6.43. The van der Waals surface area contributed by atoms with Crippen LogP contribution in [0.4, 0.5) is 0 Å². The monoisotopic (exact) mass is 297 g/mol. The van der Waals surface area contributed by atoms with Crippen LogP contribution in [0.25, 0.3) is 10.9 Å². The van der Waals surface area contributed by atoms with Gasteiger partial charge in [0, 0.05) is 30.7 Å². The molecule has 0 saturated carbocycles. The van der Waals surface area contributed by atoms with Crippen molar-refractivity contribution >= 4 is 16.8 Å². The highest BCUT2D eigenvalue weighted by molar-refractivity contribution is 5.82. The summed E-state index contributed by atoms with van der Waals surface area (Å²) in [6, 6.07) is 7.99. The summed E-state index contributed by atoms with van der Waals surface area (Å²) in [5.74, 6) is 0.0318. The van der Waals surface area contributed by atoms with Gasteiger partial charge in [0.05, 0.1) is 24.8 Å². The van der Waals surface area contributed by atoms with Crippen LogP contribution in [0.3, 0.4) is 0 Å². The topological polar surface area (TPSA) is 64.7 Å². The van der Waals surface area contributed by atoms with E-state index in [4.69, 9.17) is 0 Å². The highest BCUT2D eigenvalue weighted by Crippen LogP contribution is 2.17. The van der Waals surface area contributed by atoms with Crippen molar-refractivity contribution in [2.75, 3.05) is 6.54 Å². The average molecular weight is 297 g/mol. The molecule has 0 spiro atoms. The number of nitrogens with one attached hydrogen (secondary N) is 1. The first-order chi connectivity index (χ1) is 10.7. The first-order valence-corrected chi connectivity index (χ1v) is 7.39. The largest absolute Gasteiger partial charge is 0.354 e. The van der Waals surface area contributed by atoms with Crippen LogP contribution in [0, 0.1) is 6.92 Å². The van der Waals surface area contributed by atoms with Crippen LogP contribution < -0.4 is 5.32 Å². The quantitative estimate of drug-likeness (QED) is 0.754. The summed E-state index contributed by atoms with van der Waals surface area (Å²) in [5, 5.41) is 12.5. The fourth-order valence-electron chi connectivity index (χ4n) is 2.54. The summed E-state index contributed by atoms with van der Waals surface area (Å²) in [7, 11) is 0. The molecule has 0 unspecified atom stereocenters. The summed E-state index contributed by atoms with van der Waals surface area (Å²) in [5.41, 5.74) is 2.28. The van der Waals surface area contributed by atoms with Crippen LogP contribution in [-0.4, -0.2) is 32.0 Å². The lowest BCUT2D eigenvalue weighted by Crippen LogP contribution is -2.28. The van der Waals surface area contributed by atoms with Crippen LogP contribution in [0.15, 0.2) is 42.9 Å². The Labute approximate surface area is 128 Å². The van der Waals surface area contributed by atoms with Crippen LogP contribution in [0.5, 0.6) is 0 Å². The van der Waals surface area contributed by atoms with Crippen molar-refractivity contribution in [1.82, 2.24) is 24.9 Å². The van der Waals surface area contributed by atoms with Gasteiger partial charge >= 0.3 is 0 Å². The average Bonchev–Trinajstić information content (AvgIpc) is 3.15. The molecule has 0 bridgehead atoms. The lowest BCUT2D eigenvalue weighted by Gasteiger charge is -2.07. The van der Waals surface area contributed by atoms with Crippen molar-refractivity contribution in [3.8, 4) is 0 Å². The molecular weight excluding hydrogens is 278 g/mol. The van der Waals surface area contributed by atoms with Gasteiger partial charge in [-0.15, -0.1) is 0 Å². The fourth-order valence-corrected chi connectivity index (χ4v) is 2.54. The molecule has 0 atom stereocenters. The second-order valence-corrected chi connectivity index (χ2v) is 5.25. The predicted molar refractivity (Wildman–Crippen MR) is 84.3 cm³/mol. The molecule has 0 saturated heterocycles. The Morgan fingerprint density at radius 1 is 1.23 bits per heavy atom. The number of rotatable bonds is 6. The Morgan fingerprint density at radius 2 is 2.14 bits per heavy atom. The number of benzene rings is 1. The Hall–Kier alpha value is -2.63. The summed E-state index contributed by atoms with van der Waals surface area (Å²) in [6.07, 6.45) is 5.87. The minimum Gasteiger partial charge on any atom is -0.354 e. The zero-order valence-corrected chi connectivity index (χ0v) is 12.6. The maximum Gasteiger partial charge on any atom is 0.221 e. The SMILES string of the molecule is Cc1cccc2cnn(CCC(=O)NCCn3cccn3)c12. The van der Waals surface area contributed by atoms with E-state index in [9.17, 15) is 4.79 Å². The van der Waals surface area contributed by atoms with Gasteiger partial charge in [-0.2, -0.15) is 10.2 Å². The lowest BCUT2D eigenvalue weighted by molar-refractivity contribution is -0.121. The standard InChI is InChI=1S/C16H19N5O/c1-13-4-2-5-14-12-19-21(16(13)14)10-6-15(22)17-8-11-20-9-3-7-18-20/h2-5,7,9,12H,6,8,10-11H2,1H3,(H,17,22). The summed E-state index contributed by atoms with van der Waals surface area (Å²) in [6.45, 7) is 3.91. The van der Waals surface area contributed by atoms with E-state index in [1.165, 1.54) is 5.56 Å². The number of para-hydroxylation sites is 1. The Morgan fingerprint density at radius 3 is 2.95 bits per heavy atom. The number of aromatic nitrogens is 4. The van der Waals surface area contributed by atoms with E-state index in [-0.39, 0.29) is 5.91 Å². The number of amides is 1. The first-order valence-electron chi connectivity index (χ1n) is 7.39. The molecule has 2 aromatic heterocycles. The number of carbonyl (C=O) groups is 1. The lowest BCUT2D eigenvalue weighted by atomic mass is 10.2. The third-order valence-electron chi connectivity index (χ3n) is 3.64. The van der Waals surface area contributed by atoms with E-state index in [2.05, 4.69) is 28.5 Å². The van der Waals surface area contributed by atoms with Gasteiger partial charge in [-0.3, -0.25) is 14.2 Å². The fraction of sp³-hybridized carbons (Fsp3) is 0.312. The molecule has 2 heterocycles. The van der Waals surface area contributed by atoms with Crippen molar-refractivity contribution in [2.24, 2.45) is 0 Å². The van der Waals surface area contributed by atoms with E-state index in [1.807, 2.05) is 35.3 Å². The highest BCUT2D eigenvalue weighted by Gasteiger charge is 2.07. The number of nitrogens with zero attached hydrogens (tertiary/aromatic N) is 4. The van der Waals surface area contributed by atoms with Gasteiger partial charge in [0.1, 0.15) is 0 Å². The van der Waals surface area contributed by atoms with Gasteiger partial charge in [-0.1, -0.05) is 18.2 Å². The zero-order chi connectivity index (χ0) is 15.4. The van der Waals surface area contributed by atoms with Crippen LogP contribution >= 0.6 is 0 Å². The molecule has 6 nitrogen and oxygen atoms in total. The molecule has 0 radical (unpaired) electrons. The molecular formula is C16H19N5O. The van der Waals surface area contributed by atoms with E-state index in [0.29, 0.717) is 26.1 Å². The minimum atomic E-state index is 0.0318. The normalized spacial score (nSPS) is 11.0. The van der Waals surface area contributed by atoms with Crippen molar-refractivity contribution in [3.63, 3.8) is 0 Å². The molecule has 22 heavy (non-hydrogen) atoms. The maximum absolute atomic E-state index is 11.9. The van der Waals surface area contributed by atoms with Crippen LogP contribution in [0.1, 0.15) is 12.0 Å². The van der Waals surface area contributed by atoms with Crippen molar-refractivity contribution in [2.45, 2.75) is 26.4 Å². The molecule has 0 aliphatic carbocycles. The molecule has 3 aromatic rings. The van der Waals surface area contributed by atoms with Crippen LogP contribution in [-0.2, 0) is 17.9 Å². The Kier molecular flexibility index (Phi) is 4.18. The van der Waals surface area contributed by atoms with Gasteiger partial charge in [0.2, 0.25) is 5.91 Å². The third kappa shape index (κ3) is 3.16. The molecule has 6 heteroatoms. The molecule has 3 rings (SSSR count). The molecule has 0 aliphatic heterocycles. The Bertz CT molecular complexity index is 760. The molecule has 1 aromatic carbocycles. The third-order valence-corrected chi connectivity index (χ3v) is 3.64. The van der Waals surface area contributed by atoms with Gasteiger partial charge in [-0.25, -0.2) is 0 Å². The summed E-state index contributed by atoms with van der Waals surface area (Å²) >= 11 is 0. The van der Waals surface area contributed by atoms with Crippen LogP contribution in [0.2, 0.25) is 0 Å². The molecule has 1 amide bonds. The van der Waals surface area contributed by atoms with E-state index < -0.39 is 0 Å². The van der Waals surface area contributed by atoms with E-state index >= 15 is 0 Å². The number of aryl methyl sites for hydroxylation is 2. The number of fused-ring (bicyclic) bond motifs is 1. The van der Waals surface area contributed by atoms with E-state index in [0.717, 1.165) is 10.9 Å². The molecule has 0 fully saturated rings. The predicted octanol–water partition coefficient (Wildman–Crippen LogP) is 1.75. The molecule has 114 valence electrons. The van der Waals surface area contributed by atoms with Gasteiger partial charge < -0.3 is 5.32 Å². The van der Waals surface area contributed by atoms with Gasteiger partial charge in [0.25, 0.3) is 0 Å². The van der Waals surface area contributed by atoms with Gasteiger partial charge in [0.15, 0.2) is 0 Å². The van der Waals surface area contributed by atoms with E-state index in [1.54, 1.807) is 10.9 Å². The summed E-state index contributed by atoms with van der Waals surface area (Å²) in [4.78, 5) is 11.9. The number of hydrogen-bond donors (Lipinski definition) is 1. The van der Waals surface area contributed by atoms with Crippen molar-refractivity contribution in [3.05, 3.63) is 48.4 Å². The Balaban J connectivity index is 1.52. The maximum atomic E-state index is 11.9. The smallest absolute Gasteiger partial charge is 0.221 e. The molecule has 1 N–H and O–H groups in total. The number of hydrogen-bond acceptors (Lipinski definition) is 3. The molecule has 0 aliphatic rings. The van der Waals surface area contributed by atoms with Gasteiger partial charge in [-0.05, 0) is 18.6 Å². The van der Waals surface area contributed by atoms with Crippen molar-refractivity contribution < 1.29 is 4.79 Å². The highest BCUT2D eigenvalue weighted by atomic mass is 16.1. The summed E-state index contributed by atoms with van der Waals surface area (Å²) < 4.78 is 3.70. The minimum absolute atomic E-state index is 0.0318. The zero-order valence-electron chi connectivity index (χ0n) is 12.6. The first kappa shape index (κ1) is 14.3.